The predicted octanol–water partition coefficient (Wildman–Crippen LogP) is 16.5. The van der Waals surface area contributed by atoms with Gasteiger partial charge in [-0.25, -0.2) is 0 Å². The molecule has 280 valence electrons. The molecule has 0 amide bonds. The van der Waals surface area contributed by atoms with E-state index in [9.17, 15) is 0 Å². The van der Waals surface area contributed by atoms with Crippen LogP contribution in [-0.2, 0) is 5.41 Å². The third-order valence-electron chi connectivity index (χ3n) is 12.3. The number of nitrogens with zero attached hydrogens (tertiary/aromatic N) is 1. The Morgan fingerprint density at radius 3 is 1.59 bits per heavy atom. The Hall–Kier alpha value is -7.00. The lowest BCUT2D eigenvalue weighted by atomic mass is 9.82. The minimum atomic E-state index is -0.154. The first kappa shape index (κ1) is 35.2. The lowest BCUT2D eigenvalue weighted by molar-refractivity contribution is 0.660. The molecule has 1 heterocycles. The summed E-state index contributed by atoms with van der Waals surface area (Å²) in [4.78, 5) is 2.53. The monoisotopic (exact) mass is 771 g/mol. The van der Waals surface area contributed by atoms with Gasteiger partial charge in [-0.3, -0.25) is 0 Å². The smallest absolute Gasteiger partial charge is 0.0547 e. The molecule has 0 N–H and O–H groups in total. The quantitative estimate of drug-likeness (QED) is 0.156. The van der Waals surface area contributed by atoms with E-state index in [4.69, 9.17) is 0 Å². The Morgan fingerprint density at radius 2 is 0.915 bits per heavy atom. The van der Waals surface area contributed by atoms with Gasteiger partial charge in [-0.2, -0.15) is 0 Å². The summed E-state index contributed by atoms with van der Waals surface area (Å²) in [6.45, 7) is 4.75. The van der Waals surface area contributed by atoms with E-state index in [0.29, 0.717) is 0 Å². The molecular weight excluding hydrogens is 731 g/mol. The molecule has 0 bridgehead atoms. The maximum Gasteiger partial charge on any atom is 0.0547 e. The van der Waals surface area contributed by atoms with Crippen LogP contribution < -0.4 is 4.90 Å². The van der Waals surface area contributed by atoms with Crippen LogP contribution in [0.3, 0.4) is 0 Å². The summed E-state index contributed by atoms with van der Waals surface area (Å²) in [5.41, 5.74) is 18.2. The van der Waals surface area contributed by atoms with Crippen molar-refractivity contribution in [2.75, 3.05) is 4.90 Å². The highest BCUT2D eigenvalue weighted by Gasteiger charge is 2.36. The van der Waals surface area contributed by atoms with Crippen molar-refractivity contribution in [3.05, 3.63) is 223 Å². The molecule has 1 aliphatic rings. The van der Waals surface area contributed by atoms with Gasteiger partial charge >= 0.3 is 0 Å². The lowest BCUT2D eigenvalue weighted by Gasteiger charge is -2.31. The Labute approximate surface area is 350 Å². The van der Waals surface area contributed by atoms with E-state index < -0.39 is 0 Å². The molecule has 2 heteroatoms. The largest absolute Gasteiger partial charge is 0.310 e. The van der Waals surface area contributed by atoms with Crippen LogP contribution in [0.15, 0.2) is 212 Å². The molecule has 59 heavy (non-hydrogen) atoms. The molecule has 0 saturated heterocycles. The van der Waals surface area contributed by atoms with E-state index in [0.717, 1.165) is 17.1 Å². The van der Waals surface area contributed by atoms with Crippen molar-refractivity contribution < 1.29 is 0 Å². The molecule has 1 nitrogen and oxygen atoms in total. The van der Waals surface area contributed by atoms with Crippen molar-refractivity contribution >= 4 is 48.6 Å². The van der Waals surface area contributed by atoms with E-state index >= 15 is 0 Å². The van der Waals surface area contributed by atoms with Crippen LogP contribution in [0, 0.1) is 0 Å². The summed E-state index contributed by atoms with van der Waals surface area (Å²) < 4.78 is 2.58. The van der Waals surface area contributed by atoms with Crippen molar-refractivity contribution in [3.63, 3.8) is 0 Å². The molecule has 0 saturated carbocycles. The summed E-state index contributed by atoms with van der Waals surface area (Å²) >= 11 is 1.87. The highest BCUT2D eigenvalue weighted by molar-refractivity contribution is 7.26. The molecule has 10 aromatic rings. The third kappa shape index (κ3) is 5.99. The van der Waals surface area contributed by atoms with E-state index in [-0.39, 0.29) is 5.41 Å². The van der Waals surface area contributed by atoms with Crippen LogP contribution in [0.1, 0.15) is 25.0 Å². The number of fused-ring (bicyclic) bond motifs is 6. The summed E-state index contributed by atoms with van der Waals surface area (Å²) in [5, 5.41) is 2.57. The first-order valence-corrected chi connectivity index (χ1v) is 21.2. The molecule has 0 aliphatic heterocycles. The highest BCUT2D eigenvalue weighted by Crippen LogP contribution is 2.53. The molecule has 9 aromatic carbocycles. The first-order valence-electron chi connectivity index (χ1n) is 20.4. The first-order chi connectivity index (χ1) is 29.0. The van der Waals surface area contributed by atoms with Crippen molar-refractivity contribution in [1.82, 2.24) is 0 Å². The molecule has 1 aromatic heterocycles. The number of anilines is 3. The van der Waals surface area contributed by atoms with E-state index in [1.54, 1.807) is 0 Å². The molecule has 1 aliphatic carbocycles. The predicted molar refractivity (Wildman–Crippen MR) is 253 cm³/mol. The van der Waals surface area contributed by atoms with Crippen LogP contribution in [-0.4, -0.2) is 0 Å². The van der Waals surface area contributed by atoms with Crippen LogP contribution in [0.2, 0.25) is 0 Å². The van der Waals surface area contributed by atoms with Crippen molar-refractivity contribution in [1.29, 1.82) is 0 Å². The molecular formula is C57H41NS. The second-order valence-electron chi connectivity index (χ2n) is 16.1. The van der Waals surface area contributed by atoms with Crippen LogP contribution in [0.4, 0.5) is 17.1 Å². The van der Waals surface area contributed by atoms with E-state index in [2.05, 4.69) is 231 Å². The van der Waals surface area contributed by atoms with Gasteiger partial charge in [-0.15, -0.1) is 11.3 Å². The average molecular weight is 772 g/mol. The van der Waals surface area contributed by atoms with Gasteiger partial charge in [0.2, 0.25) is 0 Å². The van der Waals surface area contributed by atoms with Gasteiger partial charge in [0.1, 0.15) is 0 Å². The van der Waals surface area contributed by atoms with Gasteiger partial charge in [-0.05, 0) is 110 Å². The number of hydrogen-bond donors (Lipinski definition) is 0. The van der Waals surface area contributed by atoms with E-state index in [1.165, 1.54) is 86.9 Å². The number of hydrogen-bond acceptors (Lipinski definition) is 2. The average Bonchev–Trinajstić information content (AvgIpc) is 3.79. The maximum atomic E-state index is 2.53. The summed E-state index contributed by atoms with van der Waals surface area (Å²) in [5.74, 6) is 0. The Morgan fingerprint density at radius 1 is 0.373 bits per heavy atom. The molecule has 0 atom stereocenters. The fraction of sp³-hybridized carbons (Fsp3) is 0.0526. The fourth-order valence-corrected chi connectivity index (χ4v) is 10.5. The maximum absolute atomic E-state index is 2.53. The molecule has 0 unspecified atom stereocenters. The third-order valence-corrected chi connectivity index (χ3v) is 13.4. The zero-order valence-corrected chi connectivity index (χ0v) is 33.9. The molecule has 11 rings (SSSR count). The molecule has 0 fully saturated rings. The van der Waals surface area contributed by atoms with Crippen LogP contribution >= 0.6 is 11.3 Å². The van der Waals surface area contributed by atoms with Crippen LogP contribution in [0.25, 0.3) is 75.8 Å². The van der Waals surface area contributed by atoms with Gasteiger partial charge in [-0.1, -0.05) is 178 Å². The van der Waals surface area contributed by atoms with Crippen LogP contribution in [0.5, 0.6) is 0 Å². The standard InChI is InChI=1S/C57H41NS/c1-57(2)50-24-14-12-22-47(50)48-31-30-45(37-51(48)57)58(46-35-43(39-18-8-4-9-19-39)34-44(36-46)40-20-10-5-11-21-40)52-32-33-54-56(49-23-13-15-25-53(49)59-54)55(52)42-28-26-41(27-29-42)38-16-6-3-7-17-38/h3-37H,1-2H3. The van der Waals surface area contributed by atoms with Gasteiger partial charge < -0.3 is 4.90 Å². The van der Waals surface area contributed by atoms with Gasteiger partial charge in [0.05, 0.1) is 5.69 Å². The zero-order chi connectivity index (χ0) is 39.5. The van der Waals surface area contributed by atoms with Gasteiger partial charge in [0, 0.05) is 42.5 Å². The lowest BCUT2D eigenvalue weighted by Crippen LogP contribution is -2.17. The summed E-state index contributed by atoms with van der Waals surface area (Å²) in [7, 11) is 0. The Balaban J connectivity index is 1.22. The zero-order valence-electron chi connectivity index (χ0n) is 33.1. The van der Waals surface area contributed by atoms with E-state index in [1.807, 2.05) is 11.3 Å². The molecule has 0 radical (unpaired) electrons. The number of thiophene rings is 1. The second-order valence-corrected chi connectivity index (χ2v) is 17.2. The number of rotatable bonds is 7. The normalized spacial score (nSPS) is 12.7. The van der Waals surface area contributed by atoms with Crippen molar-refractivity contribution in [2.24, 2.45) is 0 Å². The summed E-state index contributed by atoms with van der Waals surface area (Å²) in [6.07, 6.45) is 0. The minimum Gasteiger partial charge on any atom is -0.310 e. The topological polar surface area (TPSA) is 3.24 Å². The Bertz CT molecular complexity index is 3100. The molecule has 0 spiro atoms. The Kier molecular flexibility index (Phi) is 8.43. The summed E-state index contributed by atoms with van der Waals surface area (Å²) in [6, 6.07) is 78.3. The van der Waals surface area contributed by atoms with Crippen molar-refractivity contribution in [2.45, 2.75) is 19.3 Å². The SMILES string of the molecule is CC1(C)c2ccccc2-c2ccc(N(c3cc(-c4ccccc4)cc(-c4ccccc4)c3)c3ccc4sc5ccccc5c4c3-c3ccc(-c4ccccc4)cc3)cc21. The second kappa shape index (κ2) is 14.1. The van der Waals surface area contributed by atoms with Gasteiger partial charge in [0.25, 0.3) is 0 Å². The number of benzene rings is 9. The fourth-order valence-electron chi connectivity index (χ4n) is 9.34. The minimum absolute atomic E-state index is 0.154. The highest BCUT2D eigenvalue weighted by atomic mass is 32.1. The van der Waals surface area contributed by atoms with Crippen molar-refractivity contribution in [3.8, 4) is 55.6 Å². The van der Waals surface area contributed by atoms with Gasteiger partial charge in [0.15, 0.2) is 0 Å².